The summed E-state index contributed by atoms with van der Waals surface area (Å²) in [5, 5.41) is 0. The zero-order valence-electron chi connectivity index (χ0n) is 22.1. The van der Waals surface area contributed by atoms with Gasteiger partial charge >= 0.3 is 0 Å². The Morgan fingerprint density at radius 1 is 0.419 bits per heavy atom. The standard InChI is InChI=1S/C30H61S/c1-4-5-6-7-8-9-10-11-12-13-14-15-16-19-22-25-28-31-29-26-23-20-17-18-21-24-27-30(2)3/h30H,1,4-29H2,2-3H3. The van der Waals surface area contributed by atoms with Gasteiger partial charge in [0.2, 0.25) is 0 Å². The second-order valence-corrected chi connectivity index (χ2v) is 11.7. The smallest absolute Gasteiger partial charge is 0.00675 e. The number of hydrogen-bond acceptors (Lipinski definition) is 1. The van der Waals surface area contributed by atoms with E-state index < -0.39 is 0 Å². The predicted octanol–water partition coefficient (Wildman–Crippen LogP) is 11.6. The third-order valence-corrected chi connectivity index (χ3v) is 7.76. The molecule has 187 valence electrons. The Balaban J connectivity index is 2.99. The van der Waals surface area contributed by atoms with Gasteiger partial charge in [-0.25, -0.2) is 0 Å². The first-order valence-corrected chi connectivity index (χ1v) is 15.8. The number of rotatable bonds is 27. The molecule has 0 aromatic carbocycles. The van der Waals surface area contributed by atoms with Crippen molar-refractivity contribution in [1.82, 2.24) is 0 Å². The molecule has 0 aliphatic rings. The van der Waals surface area contributed by atoms with Gasteiger partial charge in [0, 0.05) is 0 Å². The van der Waals surface area contributed by atoms with E-state index in [4.69, 9.17) is 0 Å². The van der Waals surface area contributed by atoms with Gasteiger partial charge in [0.25, 0.3) is 0 Å². The molecule has 0 amide bonds. The summed E-state index contributed by atoms with van der Waals surface area (Å²) < 4.78 is 0. The van der Waals surface area contributed by atoms with E-state index in [1.165, 1.54) is 159 Å². The second kappa shape index (κ2) is 28.4. The molecule has 0 aromatic heterocycles. The average molecular weight is 454 g/mol. The number of thioether (sulfide) groups is 1. The van der Waals surface area contributed by atoms with Crippen LogP contribution < -0.4 is 0 Å². The van der Waals surface area contributed by atoms with Crippen LogP contribution in [0.4, 0.5) is 0 Å². The molecule has 0 rings (SSSR count). The molecular formula is C30H61S. The van der Waals surface area contributed by atoms with Gasteiger partial charge in [-0.2, -0.15) is 11.8 Å². The van der Waals surface area contributed by atoms with Crippen molar-refractivity contribution in [3.63, 3.8) is 0 Å². The van der Waals surface area contributed by atoms with Crippen LogP contribution in [0.15, 0.2) is 0 Å². The van der Waals surface area contributed by atoms with E-state index in [2.05, 4.69) is 32.5 Å². The van der Waals surface area contributed by atoms with Crippen molar-refractivity contribution in [2.24, 2.45) is 5.92 Å². The first-order chi connectivity index (χ1) is 15.3. The molecule has 0 fully saturated rings. The Labute approximate surface area is 203 Å². The summed E-state index contributed by atoms with van der Waals surface area (Å²) in [6, 6.07) is 0. The van der Waals surface area contributed by atoms with Crippen LogP contribution in [0.3, 0.4) is 0 Å². The quantitative estimate of drug-likeness (QED) is 0.111. The van der Waals surface area contributed by atoms with Crippen molar-refractivity contribution in [3.05, 3.63) is 6.92 Å². The third-order valence-electron chi connectivity index (χ3n) is 6.61. The Bertz CT molecular complexity index is 299. The lowest BCUT2D eigenvalue weighted by molar-refractivity contribution is 0.511. The molecule has 0 N–H and O–H groups in total. The third kappa shape index (κ3) is 30.4. The topological polar surface area (TPSA) is 0 Å². The molecule has 0 saturated heterocycles. The summed E-state index contributed by atoms with van der Waals surface area (Å²) >= 11 is 2.21. The highest BCUT2D eigenvalue weighted by Gasteiger charge is 1.97. The van der Waals surface area contributed by atoms with E-state index in [-0.39, 0.29) is 0 Å². The maximum Gasteiger partial charge on any atom is -0.00675 e. The molecular weight excluding hydrogens is 392 g/mol. The van der Waals surface area contributed by atoms with Gasteiger partial charge in [0.05, 0.1) is 0 Å². The minimum absolute atomic E-state index is 0.894. The highest BCUT2D eigenvalue weighted by Crippen LogP contribution is 2.16. The van der Waals surface area contributed by atoms with Crippen molar-refractivity contribution < 1.29 is 0 Å². The van der Waals surface area contributed by atoms with E-state index >= 15 is 0 Å². The van der Waals surface area contributed by atoms with Crippen LogP contribution in [0.2, 0.25) is 0 Å². The molecule has 0 nitrogen and oxygen atoms in total. The molecule has 0 atom stereocenters. The second-order valence-electron chi connectivity index (χ2n) is 10.4. The van der Waals surface area contributed by atoms with Crippen molar-refractivity contribution in [2.45, 2.75) is 168 Å². The van der Waals surface area contributed by atoms with Gasteiger partial charge in [-0.1, -0.05) is 162 Å². The van der Waals surface area contributed by atoms with Crippen molar-refractivity contribution in [2.75, 3.05) is 11.5 Å². The van der Waals surface area contributed by atoms with Gasteiger partial charge < -0.3 is 0 Å². The van der Waals surface area contributed by atoms with Gasteiger partial charge in [-0.3, -0.25) is 0 Å². The van der Waals surface area contributed by atoms with Gasteiger partial charge in [0.1, 0.15) is 0 Å². The van der Waals surface area contributed by atoms with Crippen molar-refractivity contribution in [3.8, 4) is 0 Å². The molecule has 0 spiro atoms. The molecule has 0 aliphatic carbocycles. The van der Waals surface area contributed by atoms with Crippen LogP contribution in [-0.2, 0) is 0 Å². The van der Waals surface area contributed by atoms with Crippen molar-refractivity contribution in [1.29, 1.82) is 0 Å². The molecule has 0 bridgehead atoms. The Hall–Kier alpha value is 0.350. The van der Waals surface area contributed by atoms with E-state index in [0.29, 0.717) is 0 Å². The largest absolute Gasteiger partial charge is 0.162 e. The Morgan fingerprint density at radius 3 is 1.03 bits per heavy atom. The fourth-order valence-electron chi connectivity index (χ4n) is 4.42. The van der Waals surface area contributed by atoms with Crippen LogP contribution in [0.1, 0.15) is 168 Å². The summed E-state index contributed by atoms with van der Waals surface area (Å²) in [4.78, 5) is 0. The minimum atomic E-state index is 0.894. The molecule has 0 aromatic rings. The fourth-order valence-corrected chi connectivity index (χ4v) is 5.44. The van der Waals surface area contributed by atoms with Crippen molar-refractivity contribution >= 4 is 11.8 Å². The van der Waals surface area contributed by atoms with Gasteiger partial charge in [-0.05, 0) is 30.3 Å². The summed E-state index contributed by atoms with van der Waals surface area (Å²) in [5.74, 6) is 3.71. The maximum absolute atomic E-state index is 3.92. The molecule has 1 radical (unpaired) electrons. The summed E-state index contributed by atoms with van der Waals surface area (Å²) in [5.41, 5.74) is 0. The molecule has 0 heterocycles. The molecule has 0 unspecified atom stereocenters. The average Bonchev–Trinajstić information content (AvgIpc) is 2.76. The molecule has 0 aliphatic heterocycles. The van der Waals surface area contributed by atoms with Crippen LogP contribution in [-0.4, -0.2) is 11.5 Å². The number of hydrogen-bond donors (Lipinski definition) is 0. The van der Waals surface area contributed by atoms with E-state index in [1.807, 2.05) is 0 Å². The zero-order chi connectivity index (χ0) is 22.7. The van der Waals surface area contributed by atoms with Crippen LogP contribution in [0.25, 0.3) is 0 Å². The normalized spacial score (nSPS) is 11.6. The van der Waals surface area contributed by atoms with E-state index in [9.17, 15) is 0 Å². The molecule has 31 heavy (non-hydrogen) atoms. The van der Waals surface area contributed by atoms with E-state index in [1.54, 1.807) is 0 Å². The Morgan fingerprint density at radius 2 is 0.710 bits per heavy atom. The summed E-state index contributed by atoms with van der Waals surface area (Å²) in [7, 11) is 0. The van der Waals surface area contributed by atoms with Crippen LogP contribution >= 0.6 is 11.8 Å². The Kier molecular flexibility index (Phi) is 28.7. The maximum atomic E-state index is 3.92. The predicted molar refractivity (Wildman–Crippen MR) is 148 cm³/mol. The van der Waals surface area contributed by atoms with Gasteiger partial charge in [-0.15, -0.1) is 0 Å². The SMILES string of the molecule is [CH2]CCCCCCCCCCCCCCCCCSCCCCCCCCCC(C)C. The molecule has 1 heteroatoms. The van der Waals surface area contributed by atoms with Crippen LogP contribution in [0.5, 0.6) is 0 Å². The molecule has 0 saturated carbocycles. The first-order valence-electron chi connectivity index (χ1n) is 14.6. The summed E-state index contributed by atoms with van der Waals surface area (Å²) in [6.07, 6.45) is 34.6. The van der Waals surface area contributed by atoms with Crippen LogP contribution in [0, 0.1) is 12.8 Å². The zero-order valence-corrected chi connectivity index (χ0v) is 22.9. The first kappa shape index (κ1) is 31.4. The lowest BCUT2D eigenvalue weighted by Gasteiger charge is -2.05. The highest BCUT2D eigenvalue weighted by atomic mass is 32.2. The summed E-state index contributed by atoms with van der Waals surface area (Å²) in [6.45, 7) is 8.61. The monoisotopic (exact) mass is 453 g/mol. The highest BCUT2D eigenvalue weighted by molar-refractivity contribution is 7.99. The minimum Gasteiger partial charge on any atom is -0.162 e. The fraction of sp³-hybridized carbons (Fsp3) is 0.967. The lowest BCUT2D eigenvalue weighted by Crippen LogP contribution is -1.88. The lowest BCUT2D eigenvalue weighted by atomic mass is 10.0. The van der Waals surface area contributed by atoms with Gasteiger partial charge in [0.15, 0.2) is 0 Å². The number of unbranched alkanes of at least 4 members (excludes halogenated alkanes) is 21. The van der Waals surface area contributed by atoms with E-state index in [0.717, 1.165) is 12.3 Å².